The molecule has 0 radical (unpaired) electrons. The van der Waals surface area contributed by atoms with Gasteiger partial charge in [0, 0.05) is 25.5 Å². The second-order valence-electron chi connectivity index (χ2n) is 6.81. The number of imidazole rings is 1. The van der Waals surface area contributed by atoms with Gasteiger partial charge in [-0.25, -0.2) is 4.98 Å². The molecule has 140 valence electrons. The minimum atomic E-state index is 0.742. The monoisotopic (exact) mass is 354 g/mol. The fourth-order valence-corrected chi connectivity index (χ4v) is 3.23. The van der Waals surface area contributed by atoms with Gasteiger partial charge < -0.3 is 4.74 Å². The molecule has 0 bridgehead atoms. The zero-order valence-electron chi connectivity index (χ0n) is 15.8. The van der Waals surface area contributed by atoms with Gasteiger partial charge in [0.25, 0.3) is 0 Å². The Labute approximate surface area is 156 Å². The molecule has 1 fully saturated rings. The number of hydrogen-bond donors (Lipinski definition) is 0. The lowest BCUT2D eigenvalue weighted by atomic mass is 10.1. The highest BCUT2D eigenvalue weighted by Gasteiger charge is 2.15. The van der Waals surface area contributed by atoms with Crippen LogP contribution < -0.4 is 4.74 Å². The van der Waals surface area contributed by atoms with Gasteiger partial charge in [0.15, 0.2) is 5.84 Å². The van der Waals surface area contributed by atoms with E-state index in [9.17, 15) is 0 Å². The summed E-state index contributed by atoms with van der Waals surface area (Å²) in [4.78, 5) is 4.22. The molecule has 0 unspecified atom stereocenters. The van der Waals surface area contributed by atoms with Crippen molar-refractivity contribution in [3.63, 3.8) is 0 Å². The lowest BCUT2D eigenvalue weighted by molar-refractivity contribution is 0.297. The standard InChI is InChI=1S/C21H30N4O/c1-2-3-10-17-26-20-12-7-6-11-19(20)21(24-16-13-22-18-24)23-25-14-8-4-5-9-15-25/h6-7,11-13,16,18H,2-5,8-10,14-15,17H2,1H3. The number of ether oxygens (including phenoxy) is 1. The van der Waals surface area contributed by atoms with E-state index in [-0.39, 0.29) is 0 Å². The number of rotatable bonds is 7. The maximum atomic E-state index is 6.10. The summed E-state index contributed by atoms with van der Waals surface area (Å²) < 4.78 is 8.08. The van der Waals surface area contributed by atoms with E-state index >= 15 is 0 Å². The van der Waals surface area contributed by atoms with Gasteiger partial charge in [-0.2, -0.15) is 5.10 Å². The Balaban J connectivity index is 1.87. The number of aromatic nitrogens is 2. The lowest BCUT2D eigenvalue weighted by Gasteiger charge is -2.20. The van der Waals surface area contributed by atoms with Crippen LogP contribution in [-0.4, -0.2) is 40.1 Å². The fourth-order valence-electron chi connectivity index (χ4n) is 3.23. The topological polar surface area (TPSA) is 42.6 Å². The molecule has 2 aromatic rings. The number of hydrazone groups is 1. The van der Waals surface area contributed by atoms with Gasteiger partial charge in [0.1, 0.15) is 12.1 Å². The molecule has 1 aliphatic heterocycles. The molecule has 0 N–H and O–H groups in total. The molecule has 0 atom stereocenters. The first-order valence-corrected chi connectivity index (χ1v) is 9.92. The molecule has 2 heterocycles. The number of nitrogens with zero attached hydrogens (tertiary/aromatic N) is 4. The highest BCUT2D eigenvalue weighted by Crippen LogP contribution is 2.21. The van der Waals surface area contributed by atoms with Crippen molar-refractivity contribution < 1.29 is 4.74 Å². The predicted molar refractivity (Wildman–Crippen MR) is 106 cm³/mol. The van der Waals surface area contributed by atoms with E-state index < -0.39 is 0 Å². The molecule has 1 aromatic heterocycles. The van der Waals surface area contributed by atoms with Gasteiger partial charge >= 0.3 is 0 Å². The Morgan fingerprint density at radius 3 is 2.65 bits per heavy atom. The summed E-state index contributed by atoms with van der Waals surface area (Å²) in [6, 6.07) is 8.20. The van der Waals surface area contributed by atoms with Crippen LogP contribution in [0.5, 0.6) is 5.75 Å². The summed E-state index contributed by atoms with van der Waals surface area (Å²) in [6.07, 6.45) is 14.0. The normalized spacial score (nSPS) is 15.7. The molecule has 1 saturated heterocycles. The molecule has 0 aliphatic carbocycles. The van der Waals surface area contributed by atoms with Crippen LogP contribution in [0.1, 0.15) is 57.4 Å². The molecule has 1 aliphatic rings. The zero-order valence-corrected chi connectivity index (χ0v) is 15.8. The van der Waals surface area contributed by atoms with Crippen LogP contribution in [0.25, 0.3) is 0 Å². The molecular formula is C21H30N4O. The first-order chi connectivity index (χ1) is 12.9. The molecule has 0 amide bonds. The molecule has 0 spiro atoms. The van der Waals surface area contributed by atoms with Crippen molar-refractivity contribution in [1.82, 2.24) is 14.6 Å². The number of unbranched alkanes of at least 4 members (excludes halogenated alkanes) is 2. The number of hydrogen-bond acceptors (Lipinski definition) is 4. The van der Waals surface area contributed by atoms with Crippen LogP contribution in [0.3, 0.4) is 0 Å². The molecule has 5 heteroatoms. The minimum absolute atomic E-state index is 0.742. The Bertz CT molecular complexity index is 673. The van der Waals surface area contributed by atoms with E-state index in [1.165, 1.54) is 38.5 Å². The highest BCUT2D eigenvalue weighted by atomic mass is 16.5. The quantitative estimate of drug-likeness (QED) is 0.416. The SMILES string of the molecule is CCCCCOc1ccccc1C(=NN1CCCCCC1)n1ccnc1. The Kier molecular flexibility index (Phi) is 7.11. The van der Waals surface area contributed by atoms with Crippen LogP contribution in [0.15, 0.2) is 48.1 Å². The van der Waals surface area contributed by atoms with Crippen LogP contribution in [-0.2, 0) is 0 Å². The Morgan fingerprint density at radius 1 is 1.12 bits per heavy atom. The Morgan fingerprint density at radius 2 is 1.92 bits per heavy atom. The van der Waals surface area contributed by atoms with Gasteiger partial charge in [-0.05, 0) is 31.4 Å². The van der Waals surface area contributed by atoms with Crippen LogP contribution >= 0.6 is 0 Å². The average molecular weight is 354 g/mol. The summed E-state index contributed by atoms with van der Waals surface area (Å²) in [5.74, 6) is 1.78. The number of benzene rings is 1. The first-order valence-electron chi connectivity index (χ1n) is 9.92. The van der Waals surface area contributed by atoms with Crippen molar-refractivity contribution in [2.75, 3.05) is 19.7 Å². The molecule has 3 rings (SSSR count). The largest absolute Gasteiger partial charge is 0.493 e. The summed E-state index contributed by atoms with van der Waals surface area (Å²) in [5, 5.41) is 7.21. The van der Waals surface area contributed by atoms with E-state index in [4.69, 9.17) is 9.84 Å². The Hall–Kier alpha value is -2.30. The second-order valence-corrected chi connectivity index (χ2v) is 6.81. The zero-order chi connectivity index (χ0) is 18.0. The van der Waals surface area contributed by atoms with Crippen LogP contribution in [0.2, 0.25) is 0 Å². The van der Waals surface area contributed by atoms with Crippen molar-refractivity contribution in [2.24, 2.45) is 5.10 Å². The molecule has 0 saturated carbocycles. The maximum absolute atomic E-state index is 6.10. The van der Waals surface area contributed by atoms with Gasteiger partial charge in [0.2, 0.25) is 0 Å². The van der Waals surface area contributed by atoms with Gasteiger partial charge in [-0.3, -0.25) is 9.58 Å². The second kappa shape index (κ2) is 10.00. The third-order valence-electron chi connectivity index (χ3n) is 4.70. The van der Waals surface area contributed by atoms with E-state index in [0.29, 0.717) is 0 Å². The van der Waals surface area contributed by atoms with Crippen molar-refractivity contribution in [1.29, 1.82) is 0 Å². The van der Waals surface area contributed by atoms with E-state index in [1.54, 1.807) is 6.20 Å². The fraction of sp³-hybridized carbons (Fsp3) is 0.524. The van der Waals surface area contributed by atoms with Crippen molar-refractivity contribution >= 4 is 5.84 Å². The third kappa shape index (κ3) is 5.10. The van der Waals surface area contributed by atoms with E-state index in [2.05, 4.69) is 23.0 Å². The first kappa shape index (κ1) is 18.5. The summed E-state index contributed by atoms with van der Waals surface area (Å²) in [5.41, 5.74) is 1.02. The molecular weight excluding hydrogens is 324 g/mol. The van der Waals surface area contributed by atoms with Crippen molar-refractivity contribution in [3.8, 4) is 5.75 Å². The predicted octanol–water partition coefficient (Wildman–Crippen LogP) is 4.54. The summed E-state index contributed by atoms with van der Waals surface area (Å²) >= 11 is 0. The van der Waals surface area contributed by atoms with Gasteiger partial charge in [-0.15, -0.1) is 0 Å². The molecule has 1 aromatic carbocycles. The highest BCUT2D eigenvalue weighted by molar-refractivity contribution is 6.02. The third-order valence-corrected chi connectivity index (χ3v) is 4.70. The smallest absolute Gasteiger partial charge is 0.169 e. The van der Waals surface area contributed by atoms with Crippen molar-refractivity contribution in [3.05, 3.63) is 48.5 Å². The molecule has 5 nitrogen and oxygen atoms in total. The minimum Gasteiger partial charge on any atom is -0.493 e. The summed E-state index contributed by atoms with van der Waals surface area (Å²) in [7, 11) is 0. The number of para-hydroxylation sites is 1. The lowest BCUT2D eigenvalue weighted by Crippen LogP contribution is -2.24. The van der Waals surface area contributed by atoms with E-state index in [0.717, 1.165) is 43.3 Å². The van der Waals surface area contributed by atoms with Crippen LogP contribution in [0.4, 0.5) is 0 Å². The van der Waals surface area contributed by atoms with Crippen molar-refractivity contribution in [2.45, 2.75) is 51.9 Å². The summed E-state index contributed by atoms with van der Waals surface area (Å²) in [6.45, 7) is 4.97. The van der Waals surface area contributed by atoms with Gasteiger partial charge in [-0.1, -0.05) is 44.7 Å². The van der Waals surface area contributed by atoms with Crippen LogP contribution in [0, 0.1) is 0 Å². The van der Waals surface area contributed by atoms with Gasteiger partial charge in [0.05, 0.1) is 12.2 Å². The molecule has 26 heavy (non-hydrogen) atoms. The maximum Gasteiger partial charge on any atom is 0.169 e. The van der Waals surface area contributed by atoms with E-state index in [1.807, 2.05) is 35.3 Å². The average Bonchev–Trinajstić information content (AvgIpc) is 3.08.